The lowest BCUT2D eigenvalue weighted by atomic mass is 10.1. The molecular weight excluding hydrogens is 236 g/mol. The summed E-state index contributed by atoms with van der Waals surface area (Å²) in [6.45, 7) is 9.48. The molecule has 0 atom stereocenters. The number of ether oxygens (including phenoxy) is 1. The third-order valence-electron chi connectivity index (χ3n) is 3.16. The molecule has 1 aliphatic heterocycles. The molecule has 0 amide bonds. The third-order valence-corrected chi connectivity index (χ3v) is 3.16. The predicted molar refractivity (Wildman–Crippen MR) is 79.9 cm³/mol. The molecule has 3 heteroatoms. The number of hydrogen-bond acceptors (Lipinski definition) is 3. The van der Waals surface area contributed by atoms with E-state index in [4.69, 9.17) is 10.5 Å². The van der Waals surface area contributed by atoms with Gasteiger partial charge in [-0.05, 0) is 57.5 Å². The highest BCUT2D eigenvalue weighted by Gasteiger charge is 2.20. The molecule has 0 spiro atoms. The van der Waals surface area contributed by atoms with E-state index in [2.05, 4.69) is 37.9 Å². The van der Waals surface area contributed by atoms with E-state index >= 15 is 0 Å². The predicted octanol–water partition coefficient (Wildman–Crippen LogP) is 3.47. The fourth-order valence-corrected chi connectivity index (χ4v) is 1.97. The highest BCUT2D eigenvalue weighted by atomic mass is 16.5. The van der Waals surface area contributed by atoms with E-state index in [1.807, 2.05) is 31.2 Å². The van der Waals surface area contributed by atoms with Crippen LogP contribution in [0.1, 0.15) is 26.3 Å². The number of nitrogen functional groups attached to an aromatic ring is 1. The van der Waals surface area contributed by atoms with Gasteiger partial charge in [0, 0.05) is 24.0 Å². The van der Waals surface area contributed by atoms with Crippen LogP contribution in [-0.4, -0.2) is 17.0 Å². The van der Waals surface area contributed by atoms with E-state index in [0.29, 0.717) is 0 Å². The first kappa shape index (κ1) is 13.5. The number of allylic oxidation sites excluding steroid dienone is 1. The number of aryl methyl sites for hydroxylation is 1. The molecule has 1 aromatic carbocycles. The molecule has 19 heavy (non-hydrogen) atoms. The molecule has 0 aliphatic carbocycles. The quantitative estimate of drug-likeness (QED) is 0.825. The first-order valence-electron chi connectivity index (χ1n) is 6.55. The van der Waals surface area contributed by atoms with Crippen molar-refractivity contribution in [3.8, 4) is 5.75 Å². The van der Waals surface area contributed by atoms with E-state index in [9.17, 15) is 0 Å². The molecule has 0 aromatic heterocycles. The summed E-state index contributed by atoms with van der Waals surface area (Å²) < 4.78 is 5.94. The van der Waals surface area contributed by atoms with Crippen molar-refractivity contribution < 1.29 is 4.74 Å². The van der Waals surface area contributed by atoms with Crippen molar-refractivity contribution in [1.29, 1.82) is 0 Å². The molecular formula is C16H22N2O. The molecule has 3 nitrogen and oxygen atoms in total. The van der Waals surface area contributed by atoms with Crippen LogP contribution in [0.25, 0.3) is 0 Å². The van der Waals surface area contributed by atoms with Gasteiger partial charge in [0.05, 0.1) is 0 Å². The summed E-state index contributed by atoms with van der Waals surface area (Å²) in [7, 11) is 0. The van der Waals surface area contributed by atoms with Gasteiger partial charge < -0.3 is 15.4 Å². The lowest BCUT2D eigenvalue weighted by Crippen LogP contribution is -2.38. The first-order valence-corrected chi connectivity index (χ1v) is 6.55. The van der Waals surface area contributed by atoms with Crippen molar-refractivity contribution in [2.45, 2.75) is 33.2 Å². The van der Waals surface area contributed by atoms with Gasteiger partial charge in [0.2, 0.25) is 0 Å². The average molecular weight is 258 g/mol. The Labute approximate surface area is 115 Å². The maximum absolute atomic E-state index is 5.94. The molecule has 0 bridgehead atoms. The van der Waals surface area contributed by atoms with E-state index in [1.165, 1.54) is 0 Å². The van der Waals surface area contributed by atoms with Crippen molar-refractivity contribution >= 4 is 5.69 Å². The first-order chi connectivity index (χ1) is 8.86. The zero-order valence-electron chi connectivity index (χ0n) is 12.1. The summed E-state index contributed by atoms with van der Waals surface area (Å²) in [5, 5.41) is 0. The highest BCUT2D eigenvalue weighted by Crippen LogP contribution is 2.25. The third kappa shape index (κ3) is 3.31. The molecule has 2 N–H and O–H groups in total. The summed E-state index contributed by atoms with van der Waals surface area (Å²) in [6.07, 6.45) is 6.20. The van der Waals surface area contributed by atoms with Crippen molar-refractivity contribution in [3.63, 3.8) is 0 Å². The van der Waals surface area contributed by atoms with Crippen molar-refractivity contribution in [1.82, 2.24) is 4.90 Å². The molecule has 0 saturated carbocycles. The minimum Gasteiger partial charge on any atom is -0.456 e. The Morgan fingerprint density at radius 1 is 1.26 bits per heavy atom. The van der Waals surface area contributed by atoms with Gasteiger partial charge in [0.1, 0.15) is 11.5 Å². The second kappa shape index (κ2) is 5.00. The van der Waals surface area contributed by atoms with Crippen LogP contribution in [-0.2, 0) is 0 Å². The monoisotopic (exact) mass is 258 g/mol. The van der Waals surface area contributed by atoms with Crippen LogP contribution in [0, 0.1) is 6.92 Å². The fourth-order valence-electron chi connectivity index (χ4n) is 1.97. The van der Waals surface area contributed by atoms with Crippen LogP contribution in [0.4, 0.5) is 5.69 Å². The van der Waals surface area contributed by atoms with Crippen LogP contribution >= 0.6 is 0 Å². The van der Waals surface area contributed by atoms with Crippen LogP contribution in [0.3, 0.4) is 0 Å². The largest absolute Gasteiger partial charge is 0.456 e. The fraction of sp³-hybridized carbons (Fsp3) is 0.375. The standard InChI is InChI=1S/C16H22N2O/c1-12-10-13(17)7-8-15(12)19-14-6-5-9-18(11-14)16(2,3)4/h5-8,10-11H,9,17H2,1-4H3. The van der Waals surface area contributed by atoms with Crippen LogP contribution < -0.4 is 10.5 Å². The van der Waals surface area contributed by atoms with Gasteiger partial charge in [0.25, 0.3) is 0 Å². The van der Waals surface area contributed by atoms with E-state index in [1.54, 1.807) is 0 Å². The normalized spacial score (nSPS) is 15.4. The van der Waals surface area contributed by atoms with Gasteiger partial charge in [-0.2, -0.15) is 0 Å². The minimum atomic E-state index is 0.0928. The molecule has 0 radical (unpaired) electrons. The summed E-state index contributed by atoms with van der Waals surface area (Å²) in [5.41, 5.74) is 7.64. The van der Waals surface area contributed by atoms with Crippen molar-refractivity contribution in [2.75, 3.05) is 12.3 Å². The van der Waals surface area contributed by atoms with E-state index < -0.39 is 0 Å². The number of nitrogens with zero attached hydrogens (tertiary/aromatic N) is 1. The minimum absolute atomic E-state index is 0.0928. The molecule has 1 aliphatic rings. The number of hydrogen-bond donors (Lipinski definition) is 1. The van der Waals surface area contributed by atoms with Gasteiger partial charge in [-0.3, -0.25) is 0 Å². The maximum Gasteiger partial charge on any atom is 0.143 e. The Hall–Kier alpha value is -1.90. The van der Waals surface area contributed by atoms with Crippen LogP contribution in [0.2, 0.25) is 0 Å². The molecule has 102 valence electrons. The number of benzene rings is 1. The second-order valence-corrected chi connectivity index (χ2v) is 5.88. The molecule has 1 heterocycles. The van der Waals surface area contributed by atoms with E-state index in [0.717, 1.165) is 29.3 Å². The van der Waals surface area contributed by atoms with Crippen molar-refractivity contribution in [2.24, 2.45) is 0 Å². The Bertz CT molecular complexity index is 524. The van der Waals surface area contributed by atoms with Crippen LogP contribution in [0.15, 0.2) is 42.3 Å². The van der Waals surface area contributed by atoms with Gasteiger partial charge in [-0.25, -0.2) is 0 Å². The summed E-state index contributed by atoms with van der Waals surface area (Å²) in [6, 6.07) is 5.69. The molecule has 2 rings (SSSR count). The highest BCUT2D eigenvalue weighted by molar-refractivity contribution is 5.48. The molecule has 0 saturated heterocycles. The number of anilines is 1. The lowest BCUT2D eigenvalue weighted by molar-refractivity contribution is 0.214. The van der Waals surface area contributed by atoms with Gasteiger partial charge >= 0.3 is 0 Å². The smallest absolute Gasteiger partial charge is 0.143 e. The SMILES string of the molecule is Cc1cc(N)ccc1OC1=CN(C(C)(C)C)CC=C1. The molecule has 0 unspecified atom stereocenters. The Morgan fingerprint density at radius 2 is 2.00 bits per heavy atom. The zero-order valence-corrected chi connectivity index (χ0v) is 12.1. The maximum atomic E-state index is 5.94. The number of nitrogens with two attached hydrogens (primary N) is 1. The van der Waals surface area contributed by atoms with Crippen molar-refractivity contribution in [3.05, 3.63) is 47.9 Å². The Morgan fingerprint density at radius 3 is 2.63 bits per heavy atom. The Balaban J connectivity index is 2.18. The average Bonchev–Trinajstić information content (AvgIpc) is 2.32. The topological polar surface area (TPSA) is 38.5 Å². The lowest BCUT2D eigenvalue weighted by Gasteiger charge is -2.35. The van der Waals surface area contributed by atoms with Gasteiger partial charge in [0.15, 0.2) is 0 Å². The molecule has 1 aromatic rings. The van der Waals surface area contributed by atoms with E-state index in [-0.39, 0.29) is 5.54 Å². The molecule has 0 fully saturated rings. The van der Waals surface area contributed by atoms with Gasteiger partial charge in [-0.15, -0.1) is 0 Å². The number of rotatable bonds is 2. The van der Waals surface area contributed by atoms with Crippen LogP contribution in [0.5, 0.6) is 5.75 Å². The zero-order chi connectivity index (χ0) is 14.0. The van der Waals surface area contributed by atoms with Gasteiger partial charge in [-0.1, -0.05) is 6.08 Å². The summed E-state index contributed by atoms with van der Waals surface area (Å²) >= 11 is 0. The second-order valence-electron chi connectivity index (χ2n) is 5.88. The summed E-state index contributed by atoms with van der Waals surface area (Å²) in [4.78, 5) is 2.26. The summed E-state index contributed by atoms with van der Waals surface area (Å²) in [5.74, 6) is 1.70. The Kier molecular flexibility index (Phi) is 3.56.